The second-order valence-electron chi connectivity index (χ2n) is 7.61. The second kappa shape index (κ2) is 10.5. The highest BCUT2D eigenvalue weighted by Crippen LogP contribution is 2.18. The zero-order valence-corrected chi connectivity index (χ0v) is 17.6. The van der Waals surface area contributed by atoms with Gasteiger partial charge in [-0.1, -0.05) is 12.1 Å². The van der Waals surface area contributed by atoms with Gasteiger partial charge < -0.3 is 10.2 Å². The summed E-state index contributed by atoms with van der Waals surface area (Å²) in [4.78, 5) is 31.3. The van der Waals surface area contributed by atoms with Gasteiger partial charge in [-0.05, 0) is 56.7 Å². The molecule has 1 fully saturated rings. The molecule has 0 bridgehead atoms. The van der Waals surface area contributed by atoms with Crippen molar-refractivity contribution in [1.82, 2.24) is 15.2 Å². The molecule has 3 rings (SSSR count). The van der Waals surface area contributed by atoms with E-state index in [4.69, 9.17) is 0 Å². The number of benzene rings is 1. The molecule has 2 aromatic rings. The van der Waals surface area contributed by atoms with Crippen LogP contribution in [-0.4, -0.2) is 41.3 Å². The molecule has 1 saturated heterocycles. The molecule has 29 heavy (non-hydrogen) atoms. The predicted molar refractivity (Wildman–Crippen MR) is 112 cm³/mol. The van der Waals surface area contributed by atoms with Gasteiger partial charge in [-0.2, -0.15) is 0 Å². The zero-order chi connectivity index (χ0) is 20.6. The van der Waals surface area contributed by atoms with Crippen LogP contribution in [-0.2, 0) is 22.4 Å². The lowest BCUT2D eigenvalue weighted by Gasteiger charge is -2.32. The van der Waals surface area contributed by atoms with Crippen molar-refractivity contribution in [2.75, 3.05) is 19.6 Å². The molecule has 1 aliphatic heterocycles. The topological polar surface area (TPSA) is 62.3 Å². The number of aryl methyl sites for hydroxylation is 2. The molecular weight excluding hydrogens is 389 g/mol. The van der Waals surface area contributed by atoms with Crippen LogP contribution in [0.15, 0.2) is 29.6 Å². The summed E-state index contributed by atoms with van der Waals surface area (Å²) in [5, 5.41) is 6.23. The molecule has 1 aromatic heterocycles. The summed E-state index contributed by atoms with van der Waals surface area (Å²) in [6, 6.07) is 6.00. The van der Waals surface area contributed by atoms with E-state index in [1.165, 1.54) is 12.1 Å². The third-order valence-corrected chi connectivity index (χ3v) is 6.22. The lowest BCUT2D eigenvalue weighted by atomic mass is 9.96. The van der Waals surface area contributed by atoms with E-state index in [0.717, 1.165) is 48.4 Å². The minimum atomic E-state index is -0.308. The Morgan fingerprint density at radius 3 is 2.79 bits per heavy atom. The van der Waals surface area contributed by atoms with Gasteiger partial charge in [0.2, 0.25) is 11.8 Å². The van der Waals surface area contributed by atoms with Crippen molar-refractivity contribution in [2.45, 2.75) is 45.4 Å². The second-order valence-corrected chi connectivity index (χ2v) is 8.56. The van der Waals surface area contributed by atoms with E-state index in [1.54, 1.807) is 28.4 Å². The fourth-order valence-corrected chi connectivity index (χ4v) is 4.40. The van der Waals surface area contributed by atoms with Crippen LogP contribution in [0.1, 0.15) is 41.9 Å². The van der Waals surface area contributed by atoms with Gasteiger partial charge in [0.25, 0.3) is 0 Å². The first-order valence-corrected chi connectivity index (χ1v) is 11.1. The summed E-state index contributed by atoms with van der Waals surface area (Å²) in [5.41, 5.74) is 1.85. The highest BCUT2D eigenvalue weighted by molar-refractivity contribution is 7.09. The van der Waals surface area contributed by atoms with Gasteiger partial charge in [0.15, 0.2) is 0 Å². The summed E-state index contributed by atoms with van der Waals surface area (Å²) in [6.45, 7) is 3.79. The largest absolute Gasteiger partial charge is 0.356 e. The van der Waals surface area contributed by atoms with Crippen LogP contribution in [0, 0.1) is 18.7 Å². The number of hydrogen-bond donors (Lipinski definition) is 1. The first kappa shape index (κ1) is 21.4. The van der Waals surface area contributed by atoms with E-state index in [-0.39, 0.29) is 30.0 Å². The highest BCUT2D eigenvalue weighted by Gasteiger charge is 2.28. The number of nitrogens with zero attached hydrogens (tertiary/aromatic N) is 2. The molecule has 1 unspecified atom stereocenters. The van der Waals surface area contributed by atoms with E-state index in [1.807, 2.05) is 6.92 Å². The number of likely N-dealkylation sites (tertiary alicyclic amines) is 1. The third kappa shape index (κ3) is 6.63. The number of unbranched alkanes of at least 4 members (excludes halogenated alkanes) is 1. The van der Waals surface area contributed by atoms with Gasteiger partial charge in [0.1, 0.15) is 5.82 Å². The summed E-state index contributed by atoms with van der Waals surface area (Å²) in [6.07, 6.45) is 4.75. The Morgan fingerprint density at radius 1 is 1.28 bits per heavy atom. The molecule has 2 amide bonds. The molecule has 0 spiro atoms. The Hall–Kier alpha value is -2.28. The number of rotatable bonds is 8. The lowest BCUT2D eigenvalue weighted by molar-refractivity contribution is -0.135. The standard InChI is InChI=1S/C22H28FN3O2S/c1-16-15-29-20(25-16)6-2-3-11-24-22(28)18-5-4-12-26(14-18)21(27)13-17-7-9-19(23)10-8-17/h7-10,15,18H,2-6,11-14H2,1H3,(H,24,28). The maximum atomic E-state index is 13.0. The molecule has 0 aliphatic carbocycles. The van der Waals surface area contributed by atoms with Crippen LogP contribution in [0.2, 0.25) is 0 Å². The number of piperidine rings is 1. The average molecular weight is 418 g/mol. The van der Waals surface area contributed by atoms with Gasteiger partial charge in [0.05, 0.1) is 17.3 Å². The highest BCUT2D eigenvalue weighted by atomic mass is 32.1. The van der Waals surface area contributed by atoms with E-state index >= 15 is 0 Å². The maximum Gasteiger partial charge on any atom is 0.227 e. The Kier molecular flexibility index (Phi) is 7.75. The Morgan fingerprint density at radius 2 is 2.07 bits per heavy atom. The summed E-state index contributed by atoms with van der Waals surface area (Å²) < 4.78 is 13.0. The fourth-order valence-electron chi connectivity index (χ4n) is 3.58. The first-order chi connectivity index (χ1) is 14.0. The van der Waals surface area contributed by atoms with Crippen molar-refractivity contribution in [3.63, 3.8) is 0 Å². The predicted octanol–water partition coefficient (Wildman–Crippen LogP) is 3.51. The van der Waals surface area contributed by atoms with Gasteiger partial charge in [0, 0.05) is 30.7 Å². The SMILES string of the molecule is Cc1csc(CCCCNC(=O)C2CCCN(C(=O)Cc3ccc(F)cc3)C2)n1. The van der Waals surface area contributed by atoms with Crippen LogP contribution in [0.5, 0.6) is 0 Å². The Balaban J connectivity index is 1.38. The Bertz CT molecular complexity index is 822. The van der Waals surface area contributed by atoms with Crippen LogP contribution in [0.3, 0.4) is 0 Å². The minimum Gasteiger partial charge on any atom is -0.356 e. The molecule has 1 aromatic carbocycles. The monoisotopic (exact) mass is 417 g/mol. The van der Waals surface area contributed by atoms with Gasteiger partial charge in [-0.15, -0.1) is 11.3 Å². The van der Waals surface area contributed by atoms with Crippen molar-refractivity contribution < 1.29 is 14.0 Å². The van der Waals surface area contributed by atoms with Crippen LogP contribution in [0.25, 0.3) is 0 Å². The van der Waals surface area contributed by atoms with Crippen LogP contribution >= 0.6 is 11.3 Å². The molecule has 1 N–H and O–H groups in total. The van der Waals surface area contributed by atoms with Gasteiger partial charge >= 0.3 is 0 Å². The lowest BCUT2D eigenvalue weighted by Crippen LogP contribution is -2.46. The van der Waals surface area contributed by atoms with Crippen LogP contribution < -0.4 is 5.32 Å². The van der Waals surface area contributed by atoms with Crippen molar-refractivity contribution in [3.8, 4) is 0 Å². The number of thiazole rings is 1. The first-order valence-electron chi connectivity index (χ1n) is 10.2. The molecule has 0 radical (unpaired) electrons. The Labute approximate surface area is 175 Å². The van der Waals surface area contributed by atoms with E-state index < -0.39 is 0 Å². The van der Waals surface area contributed by atoms with E-state index in [0.29, 0.717) is 19.6 Å². The number of amides is 2. The molecule has 0 saturated carbocycles. The molecule has 156 valence electrons. The normalized spacial score (nSPS) is 16.6. The van der Waals surface area contributed by atoms with E-state index in [2.05, 4.69) is 15.7 Å². The van der Waals surface area contributed by atoms with Crippen LogP contribution in [0.4, 0.5) is 4.39 Å². The minimum absolute atomic E-state index is 0.00662. The van der Waals surface area contributed by atoms with Crippen molar-refractivity contribution >= 4 is 23.2 Å². The zero-order valence-electron chi connectivity index (χ0n) is 16.8. The number of nitrogens with one attached hydrogen (secondary N) is 1. The third-order valence-electron chi connectivity index (χ3n) is 5.20. The smallest absolute Gasteiger partial charge is 0.227 e. The average Bonchev–Trinajstić information content (AvgIpc) is 3.14. The van der Waals surface area contributed by atoms with Crippen molar-refractivity contribution in [2.24, 2.45) is 5.92 Å². The fraction of sp³-hybridized carbons (Fsp3) is 0.500. The molecule has 1 atom stereocenters. The number of aromatic nitrogens is 1. The summed E-state index contributed by atoms with van der Waals surface area (Å²) >= 11 is 1.69. The molecular formula is C22H28FN3O2S. The maximum absolute atomic E-state index is 13.0. The summed E-state index contributed by atoms with van der Waals surface area (Å²) in [5.74, 6) is -0.428. The number of carbonyl (C=O) groups is 2. The van der Waals surface area contributed by atoms with E-state index in [9.17, 15) is 14.0 Å². The van der Waals surface area contributed by atoms with Gasteiger partial charge in [-0.25, -0.2) is 9.37 Å². The van der Waals surface area contributed by atoms with Gasteiger partial charge in [-0.3, -0.25) is 9.59 Å². The summed E-state index contributed by atoms with van der Waals surface area (Å²) in [7, 11) is 0. The number of hydrogen-bond acceptors (Lipinski definition) is 4. The molecule has 7 heteroatoms. The van der Waals surface area contributed by atoms with Crippen molar-refractivity contribution in [3.05, 3.63) is 51.7 Å². The number of carbonyl (C=O) groups excluding carboxylic acids is 2. The molecule has 5 nitrogen and oxygen atoms in total. The quantitative estimate of drug-likeness (QED) is 0.669. The van der Waals surface area contributed by atoms with Crippen molar-refractivity contribution in [1.29, 1.82) is 0 Å². The molecule has 2 heterocycles. The number of halogens is 1. The molecule has 1 aliphatic rings.